The Labute approximate surface area is 176 Å². The molecule has 1 atom stereocenters. The second kappa shape index (κ2) is 8.71. The molecule has 0 radical (unpaired) electrons. The first-order valence-corrected chi connectivity index (χ1v) is 10.4. The van der Waals surface area contributed by atoms with Crippen molar-refractivity contribution in [2.24, 2.45) is 0 Å². The van der Waals surface area contributed by atoms with Crippen LogP contribution in [-0.2, 0) is 19.5 Å². The molecule has 1 unspecified atom stereocenters. The highest BCUT2D eigenvalue weighted by Gasteiger charge is 2.29. The lowest BCUT2D eigenvalue weighted by Crippen LogP contribution is -2.30. The number of hydrogen-bond acceptors (Lipinski definition) is 4. The predicted molar refractivity (Wildman–Crippen MR) is 117 cm³/mol. The molecule has 0 bridgehead atoms. The number of hydrogen-bond donors (Lipinski definition) is 0. The van der Waals surface area contributed by atoms with E-state index in [2.05, 4.69) is 59.0 Å². The first kappa shape index (κ1) is 20.2. The molecule has 30 heavy (non-hydrogen) atoms. The fourth-order valence-corrected chi connectivity index (χ4v) is 4.51. The van der Waals surface area contributed by atoms with Crippen molar-refractivity contribution in [1.82, 2.24) is 9.47 Å². The van der Waals surface area contributed by atoms with E-state index in [1.807, 2.05) is 0 Å². The van der Waals surface area contributed by atoms with Crippen molar-refractivity contribution in [1.29, 1.82) is 0 Å². The van der Waals surface area contributed by atoms with E-state index in [-0.39, 0.29) is 16.7 Å². The number of benzene rings is 2. The smallest absolute Gasteiger partial charge is 0.270 e. The molecule has 0 N–H and O–H groups in total. The third kappa shape index (κ3) is 3.83. The Morgan fingerprint density at radius 3 is 2.70 bits per heavy atom. The maximum atomic E-state index is 11.3. The minimum atomic E-state index is -0.347. The van der Waals surface area contributed by atoms with Crippen LogP contribution in [0.5, 0.6) is 5.75 Å². The Morgan fingerprint density at radius 1 is 1.10 bits per heavy atom. The van der Waals surface area contributed by atoms with Gasteiger partial charge in [-0.15, -0.1) is 0 Å². The molecule has 0 saturated heterocycles. The summed E-state index contributed by atoms with van der Waals surface area (Å²) < 4.78 is 7.87. The Kier molecular flexibility index (Phi) is 5.86. The lowest BCUT2D eigenvalue weighted by molar-refractivity contribution is -0.385. The van der Waals surface area contributed by atoms with Crippen molar-refractivity contribution >= 4 is 5.69 Å². The van der Waals surface area contributed by atoms with Crippen molar-refractivity contribution in [2.45, 2.75) is 38.9 Å². The van der Waals surface area contributed by atoms with Crippen LogP contribution in [0.3, 0.4) is 0 Å². The summed E-state index contributed by atoms with van der Waals surface area (Å²) in [5.74, 6) is 0.683. The minimum Gasteiger partial charge on any atom is -0.496 e. The molecule has 1 aliphatic rings. The Morgan fingerprint density at radius 2 is 1.93 bits per heavy atom. The van der Waals surface area contributed by atoms with Gasteiger partial charge in [0.1, 0.15) is 5.75 Å². The van der Waals surface area contributed by atoms with E-state index in [4.69, 9.17) is 4.74 Å². The molecular weight excluding hydrogens is 378 g/mol. The summed E-state index contributed by atoms with van der Waals surface area (Å²) in [4.78, 5) is 13.4. The fourth-order valence-electron chi connectivity index (χ4n) is 4.51. The highest BCUT2D eigenvalue weighted by atomic mass is 16.6. The highest BCUT2D eigenvalue weighted by molar-refractivity contribution is 5.44. The molecule has 0 saturated carbocycles. The average Bonchev–Trinajstić information content (AvgIpc) is 3.15. The van der Waals surface area contributed by atoms with Gasteiger partial charge in [-0.1, -0.05) is 31.2 Å². The summed E-state index contributed by atoms with van der Waals surface area (Å²) in [6.45, 7) is 4.63. The largest absolute Gasteiger partial charge is 0.496 e. The fraction of sp³-hybridized carbons (Fsp3) is 0.333. The summed E-state index contributed by atoms with van der Waals surface area (Å²) in [6, 6.07) is 17.8. The van der Waals surface area contributed by atoms with E-state index in [0.29, 0.717) is 12.3 Å². The molecule has 6 heteroatoms. The van der Waals surface area contributed by atoms with Crippen molar-refractivity contribution < 1.29 is 9.66 Å². The number of nitro benzene ring substituents is 1. The van der Waals surface area contributed by atoms with Crippen LogP contribution in [0.4, 0.5) is 5.69 Å². The number of nitrogens with zero attached hydrogens (tertiary/aromatic N) is 3. The zero-order valence-electron chi connectivity index (χ0n) is 17.5. The average molecular weight is 405 g/mol. The maximum Gasteiger partial charge on any atom is 0.270 e. The van der Waals surface area contributed by atoms with Crippen LogP contribution in [0, 0.1) is 10.1 Å². The maximum absolute atomic E-state index is 11.3. The molecule has 2 heterocycles. The van der Waals surface area contributed by atoms with Gasteiger partial charge in [-0.05, 0) is 42.2 Å². The Bertz CT molecular complexity index is 1040. The van der Waals surface area contributed by atoms with Crippen molar-refractivity contribution in [2.75, 3.05) is 13.7 Å². The minimum absolute atomic E-state index is 0.0858. The van der Waals surface area contributed by atoms with Crippen LogP contribution in [0.25, 0.3) is 0 Å². The number of nitro groups is 1. The van der Waals surface area contributed by atoms with Crippen LogP contribution in [-0.4, -0.2) is 28.0 Å². The number of non-ortho nitro benzene ring substituents is 1. The number of rotatable bonds is 6. The summed E-state index contributed by atoms with van der Waals surface area (Å²) in [6.07, 6.45) is 4.12. The molecule has 4 rings (SSSR count). The van der Waals surface area contributed by atoms with Gasteiger partial charge in [-0.3, -0.25) is 15.0 Å². The number of ether oxygens (including phenoxy) is 1. The van der Waals surface area contributed by atoms with E-state index in [0.717, 1.165) is 31.5 Å². The SMILES string of the molecule is CCc1ccccc1C1c2cccn2CCCN1Cc1cc([N+](=O)[O-])ccc1OC. The van der Waals surface area contributed by atoms with Gasteiger partial charge < -0.3 is 9.30 Å². The van der Waals surface area contributed by atoms with Crippen molar-refractivity contribution in [3.63, 3.8) is 0 Å². The van der Waals surface area contributed by atoms with Crippen LogP contribution in [0.15, 0.2) is 60.8 Å². The van der Waals surface area contributed by atoms with Gasteiger partial charge in [0.15, 0.2) is 0 Å². The molecule has 0 spiro atoms. The second-order valence-corrected chi connectivity index (χ2v) is 7.66. The molecule has 0 fully saturated rings. The molecule has 156 valence electrons. The van der Waals surface area contributed by atoms with Crippen molar-refractivity contribution in [3.8, 4) is 5.75 Å². The van der Waals surface area contributed by atoms with Crippen LogP contribution in [0.2, 0.25) is 0 Å². The summed E-state index contributed by atoms with van der Waals surface area (Å²) in [5, 5.41) is 11.3. The highest BCUT2D eigenvalue weighted by Crippen LogP contribution is 2.36. The predicted octanol–water partition coefficient (Wildman–Crippen LogP) is 4.96. The van der Waals surface area contributed by atoms with E-state index in [9.17, 15) is 10.1 Å². The van der Waals surface area contributed by atoms with Crippen LogP contribution in [0.1, 0.15) is 41.8 Å². The molecule has 2 aromatic carbocycles. The summed E-state index contributed by atoms with van der Waals surface area (Å²) in [5.41, 5.74) is 4.82. The third-order valence-corrected chi connectivity index (χ3v) is 5.93. The normalized spacial score (nSPS) is 16.7. The topological polar surface area (TPSA) is 60.5 Å². The zero-order chi connectivity index (χ0) is 21.1. The first-order chi connectivity index (χ1) is 14.6. The van der Waals surface area contributed by atoms with Gasteiger partial charge in [0.05, 0.1) is 18.1 Å². The van der Waals surface area contributed by atoms with Gasteiger partial charge in [-0.2, -0.15) is 0 Å². The standard InChI is InChI=1S/C24H27N3O3/c1-3-18-8-4-5-9-21(18)24-22-10-6-13-25(22)14-7-15-26(24)17-19-16-20(27(28)29)11-12-23(19)30-2/h4-6,8-13,16,24H,3,7,14-15,17H2,1-2H3. The molecule has 3 aromatic rings. The third-order valence-electron chi connectivity index (χ3n) is 5.93. The van der Waals surface area contributed by atoms with E-state index < -0.39 is 0 Å². The molecular formula is C24H27N3O3. The van der Waals surface area contributed by atoms with Crippen molar-refractivity contribution in [3.05, 3.63) is 93.3 Å². The summed E-state index contributed by atoms with van der Waals surface area (Å²) >= 11 is 0. The molecule has 0 amide bonds. The number of aryl methyl sites for hydroxylation is 2. The van der Waals surface area contributed by atoms with Gasteiger partial charge in [0, 0.05) is 49.2 Å². The monoisotopic (exact) mass is 405 g/mol. The number of methoxy groups -OCH3 is 1. The molecule has 1 aliphatic heterocycles. The Hall–Kier alpha value is -3.12. The van der Waals surface area contributed by atoms with E-state index in [1.165, 1.54) is 22.9 Å². The quantitative estimate of drug-likeness (QED) is 0.429. The lowest BCUT2D eigenvalue weighted by atomic mass is 9.94. The van der Waals surface area contributed by atoms with E-state index in [1.54, 1.807) is 19.2 Å². The van der Waals surface area contributed by atoms with Crippen LogP contribution >= 0.6 is 0 Å². The number of fused-ring (bicyclic) bond motifs is 1. The van der Waals surface area contributed by atoms with Gasteiger partial charge in [0.2, 0.25) is 0 Å². The zero-order valence-corrected chi connectivity index (χ0v) is 17.5. The summed E-state index contributed by atoms with van der Waals surface area (Å²) in [7, 11) is 1.61. The van der Waals surface area contributed by atoms with E-state index >= 15 is 0 Å². The molecule has 6 nitrogen and oxygen atoms in total. The lowest BCUT2D eigenvalue weighted by Gasteiger charge is -2.32. The second-order valence-electron chi connectivity index (χ2n) is 7.66. The molecule has 1 aromatic heterocycles. The number of aromatic nitrogens is 1. The molecule has 0 aliphatic carbocycles. The van der Waals surface area contributed by atoms with Gasteiger partial charge in [0.25, 0.3) is 5.69 Å². The van der Waals surface area contributed by atoms with Crippen LogP contribution < -0.4 is 4.74 Å². The Balaban J connectivity index is 1.80. The van der Waals surface area contributed by atoms with Gasteiger partial charge >= 0.3 is 0 Å². The van der Waals surface area contributed by atoms with Gasteiger partial charge in [-0.25, -0.2) is 0 Å². The first-order valence-electron chi connectivity index (χ1n) is 10.4.